The molecule has 0 radical (unpaired) electrons. The predicted octanol–water partition coefficient (Wildman–Crippen LogP) is 3.76. The Balaban J connectivity index is 1.88. The molecule has 1 N–H and O–H groups in total. The van der Waals surface area contributed by atoms with Crippen LogP contribution >= 0.6 is 0 Å². The van der Waals surface area contributed by atoms with Crippen LogP contribution in [0.5, 0.6) is 5.75 Å². The summed E-state index contributed by atoms with van der Waals surface area (Å²) < 4.78 is 10.7. The van der Waals surface area contributed by atoms with Crippen LogP contribution in [0.25, 0.3) is 0 Å². The standard InChI is InChI=1S/C22H25NO5/c1-22(2,3)28-21(26)23-13-18(14-24)16-9-11-19(12-10-16)27-15-20(25)17-7-5-4-6-8-17/h4-12,14,18H,13,15H2,1-3H3,(H,23,26). The van der Waals surface area contributed by atoms with Crippen molar-refractivity contribution < 1.29 is 23.9 Å². The van der Waals surface area contributed by atoms with Crippen LogP contribution in [-0.4, -0.2) is 36.9 Å². The van der Waals surface area contributed by atoms with Gasteiger partial charge in [-0.25, -0.2) is 4.79 Å². The van der Waals surface area contributed by atoms with Crippen LogP contribution < -0.4 is 10.1 Å². The molecule has 0 aliphatic rings. The number of ether oxygens (including phenoxy) is 2. The Labute approximate surface area is 164 Å². The average Bonchev–Trinajstić information content (AvgIpc) is 2.67. The molecule has 6 heteroatoms. The summed E-state index contributed by atoms with van der Waals surface area (Å²) in [6.07, 6.45) is 0.199. The highest BCUT2D eigenvalue weighted by Gasteiger charge is 2.18. The van der Waals surface area contributed by atoms with Crippen molar-refractivity contribution in [3.8, 4) is 5.75 Å². The fraction of sp³-hybridized carbons (Fsp3) is 0.318. The number of carbonyl (C=O) groups is 3. The van der Waals surface area contributed by atoms with Crippen molar-refractivity contribution in [2.24, 2.45) is 0 Å². The minimum atomic E-state index is -0.600. The Morgan fingerprint density at radius 2 is 1.68 bits per heavy atom. The maximum absolute atomic E-state index is 12.1. The van der Waals surface area contributed by atoms with Gasteiger partial charge < -0.3 is 19.6 Å². The SMILES string of the molecule is CC(C)(C)OC(=O)NCC(C=O)c1ccc(OCC(=O)c2ccccc2)cc1. The van der Waals surface area contributed by atoms with Crippen LogP contribution in [0.2, 0.25) is 0 Å². The van der Waals surface area contributed by atoms with Crippen LogP contribution in [-0.2, 0) is 9.53 Å². The number of carbonyl (C=O) groups excluding carboxylic acids is 3. The summed E-state index contributed by atoms with van der Waals surface area (Å²) >= 11 is 0. The molecule has 0 spiro atoms. The fourth-order valence-electron chi connectivity index (χ4n) is 2.42. The molecular formula is C22H25NO5. The molecule has 0 fully saturated rings. The molecule has 28 heavy (non-hydrogen) atoms. The lowest BCUT2D eigenvalue weighted by molar-refractivity contribution is -0.109. The van der Waals surface area contributed by atoms with Gasteiger partial charge in [-0.2, -0.15) is 0 Å². The third kappa shape index (κ3) is 6.87. The maximum atomic E-state index is 12.1. The van der Waals surface area contributed by atoms with E-state index < -0.39 is 17.6 Å². The first-order chi connectivity index (χ1) is 13.3. The molecule has 0 saturated heterocycles. The quantitative estimate of drug-likeness (QED) is 0.554. The van der Waals surface area contributed by atoms with Gasteiger partial charge in [-0.05, 0) is 38.5 Å². The van der Waals surface area contributed by atoms with Crippen molar-refractivity contribution in [2.75, 3.05) is 13.2 Å². The molecule has 0 bridgehead atoms. The predicted molar refractivity (Wildman–Crippen MR) is 106 cm³/mol. The summed E-state index contributed by atoms with van der Waals surface area (Å²) in [4.78, 5) is 35.2. The van der Waals surface area contributed by atoms with E-state index >= 15 is 0 Å². The molecule has 0 saturated carbocycles. The molecule has 0 aliphatic carbocycles. The number of rotatable bonds is 8. The van der Waals surface area contributed by atoms with Gasteiger partial charge in [0.1, 0.15) is 17.6 Å². The van der Waals surface area contributed by atoms with E-state index in [0.717, 1.165) is 11.8 Å². The summed E-state index contributed by atoms with van der Waals surface area (Å²) in [6, 6.07) is 15.8. The van der Waals surface area contributed by atoms with Gasteiger partial charge in [0.25, 0.3) is 0 Å². The van der Waals surface area contributed by atoms with Crippen molar-refractivity contribution in [2.45, 2.75) is 32.3 Å². The third-order valence-electron chi connectivity index (χ3n) is 3.80. The molecule has 0 aromatic heterocycles. The molecule has 1 amide bonds. The first-order valence-electron chi connectivity index (χ1n) is 9.01. The molecule has 0 aliphatic heterocycles. The van der Waals surface area contributed by atoms with Gasteiger partial charge in [0.15, 0.2) is 12.4 Å². The van der Waals surface area contributed by atoms with Gasteiger partial charge in [-0.3, -0.25) is 4.79 Å². The first-order valence-corrected chi connectivity index (χ1v) is 9.01. The third-order valence-corrected chi connectivity index (χ3v) is 3.80. The smallest absolute Gasteiger partial charge is 0.407 e. The Morgan fingerprint density at radius 1 is 1.04 bits per heavy atom. The maximum Gasteiger partial charge on any atom is 0.407 e. The molecule has 1 unspecified atom stereocenters. The molecule has 6 nitrogen and oxygen atoms in total. The minimum absolute atomic E-state index is 0.0688. The van der Waals surface area contributed by atoms with Crippen LogP contribution in [0.1, 0.15) is 42.6 Å². The Morgan fingerprint density at radius 3 is 2.25 bits per heavy atom. The Kier molecular flexibility index (Phi) is 7.32. The molecule has 0 heterocycles. The lowest BCUT2D eigenvalue weighted by Gasteiger charge is -2.20. The van der Waals surface area contributed by atoms with Crippen molar-refractivity contribution in [1.82, 2.24) is 5.32 Å². The number of alkyl carbamates (subject to hydrolysis) is 1. The highest BCUT2D eigenvalue weighted by atomic mass is 16.6. The van der Waals surface area contributed by atoms with Crippen molar-refractivity contribution in [3.05, 3.63) is 65.7 Å². The topological polar surface area (TPSA) is 81.7 Å². The van der Waals surface area contributed by atoms with Gasteiger partial charge >= 0.3 is 6.09 Å². The second kappa shape index (κ2) is 9.69. The van der Waals surface area contributed by atoms with E-state index in [1.165, 1.54) is 0 Å². The van der Waals surface area contributed by atoms with Crippen molar-refractivity contribution >= 4 is 18.2 Å². The van der Waals surface area contributed by atoms with Gasteiger partial charge in [0, 0.05) is 12.1 Å². The Bertz CT molecular complexity index is 794. The lowest BCUT2D eigenvalue weighted by atomic mass is 10.0. The molecule has 2 aromatic rings. The molecule has 148 valence electrons. The summed E-state index contributed by atoms with van der Waals surface area (Å²) in [5.74, 6) is -0.0951. The van der Waals surface area contributed by atoms with E-state index in [4.69, 9.17) is 9.47 Å². The van der Waals surface area contributed by atoms with Crippen LogP contribution in [0.4, 0.5) is 4.79 Å². The number of hydrogen-bond donors (Lipinski definition) is 1. The van der Waals surface area contributed by atoms with E-state index in [1.54, 1.807) is 69.3 Å². The van der Waals surface area contributed by atoms with E-state index in [1.807, 2.05) is 6.07 Å². The molecular weight excluding hydrogens is 358 g/mol. The van der Waals surface area contributed by atoms with Crippen molar-refractivity contribution in [3.63, 3.8) is 0 Å². The zero-order chi connectivity index (χ0) is 20.6. The monoisotopic (exact) mass is 383 g/mol. The van der Waals surface area contributed by atoms with Crippen LogP contribution in [0.15, 0.2) is 54.6 Å². The zero-order valence-electron chi connectivity index (χ0n) is 16.3. The second-order valence-electron chi connectivity index (χ2n) is 7.27. The average molecular weight is 383 g/mol. The van der Waals surface area contributed by atoms with Crippen LogP contribution in [0, 0.1) is 0 Å². The fourth-order valence-corrected chi connectivity index (χ4v) is 2.42. The molecule has 2 aromatic carbocycles. The summed E-state index contributed by atoms with van der Waals surface area (Å²) in [5.41, 5.74) is 0.720. The summed E-state index contributed by atoms with van der Waals surface area (Å²) in [7, 11) is 0. The largest absolute Gasteiger partial charge is 0.485 e. The number of Topliss-reactive ketones (excluding diaryl/α,β-unsaturated/α-hetero) is 1. The van der Waals surface area contributed by atoms with Gasteiger partial charge in [0.2, 0.25) is 0 Å². The summed E-state index contributed by atoms with van der Waals surface area (Å²) in [5, 5.41) is 2.59. The first kappa shape index (κ1) is 21.2. The van der Waals surface area contributed by atoms with Gasteiger partial charge in [-0.1, -0.05) is 42.5 Å². The molecule has 2 rings (SSSR count). The number of benzene rings is 2. The molecule has 1 atom stereocenters. The van der Waals surface area contributed by atoms with Crippen LogP contribution in [0.3, 0.4) is 0 Å². The van der Waals surface area contributed by atoms with E-state index in [-0.39, 0.29) is 18.9 Å². The number of nitrogens with one attached hydrogen (secondary N) is 1. The minimum Gasteiger partial charge on any atom is -0.485 e. The van der Waals surface area contributed by atoms with Crippen molar-refractivity contribution in [1.29, 1.82) is 0 Å². The number of amides is 1. The van der Waals surface area contributed by atoms with Gasteiger partial charge in [0.05, 0.1) is 5.92 Å². The number of ketones is 1. The summed E-state index contributed by atoms with van der Waals surface area (Å²) in [6.45, 7) is 5.37. The number of aldehydes is 1. The number of hydrogen-bond acceptors (Lipinski definition) is 5. The van der Waals surface area contributed by atoms with Gasteiger partial charge in [-0.15, -0.1) is 0 Å². The normalized spacial score (nSPS) is 12.0. The zero-order valence-corrected chi connectivity index (χ0v) is 16.3. The lowest BCUT2D eigenvalue weighted by Crippen LogP contribution is -2.35. The van der Waals surface area contributed by atoms with E-state index in [9.17, 15) is 14.4 Å². The van der Waals surface area contributed by atoms with E-state index in [0.29, 0.717) is 11.3 Å². The highest BCUT2D eigenvalue weighted by molar-refractivity contribution is 5.97. The Hall–Kier alpha value is -3.15. The highest BCUT2D eigenvalue weighted by Crippen LogP contribution is 2.18. The van der Waals surface area contributed by atoms with E-state index in [2.05, 4.69) is 5.32 Å². The second-order valence-corrected chi connectivity index (χ2v) is 7.27.